The summed E-state index contributed by atoms with van der Waals surface area (Å²) in [6.07, 6.45) is -0.986. The van der Waals surface area contributed by atoms with Gasteiger partial charge >= 0.3 is 6.18 Å². The molecule has 1 aliphatic carbocycles. The van der Waals surface area contributed by atoms with Crippen molar-refractivity contribution in [2.45, 2.75) is 50.7 Å². The van der Waals surface area contributed by atoms with Gasteiger partial charge in [0.2, 0.25) is 11.8 Å². The number of benzene rings is 1. The van der Waals surface area contributed by atoms with Gasteiger partial charge < -0.3 is 15.2 Å². The number of rotatable bonds is 6. The SMILES string of the molecule is CC(=O)NCC1=C(c2ccc(C3CC3)cn2)CC(c2ccc(-c3conc3C)cc2F)(C(F)(F)F)NC1=O. The number of amides is 2. The third-order valence-corrected chi connectivity index (χ3v) is 7.04. The van der Waals surface area contributed by atoms with Crippen molar-refractivity contribution in [2.75, 3.05) is 6.54 Å². The van der Waals surface area contributed by atoms with Crippen LogP contribution in [0.25, 0.3) is 16.7 Å². The van der Waals surface area contributed by atoms with Crippen molar-refractivity contribution in [3.8, 4) is 11.1 Å². The summed E-state index contributed by atoms with van der Waals surface area (Å²) in [6, 6.07) is 6.67. The molecule has 1 fully saturated rings. The fraction of sp³-hybridized carbons (Fsp3) is 0.333. The van der Waals surface area contributed by atoms with Crippen molar-refractivity contribution >= 4 is 17.4 Å². The third-order valence-electron chi connectivity index (χ3n) is 7.04. The second-order valence-corrected chi connectivity index (χ2v) is 9.66. The lowest BCUT2D eigenvalue weighted by atomic mass is 9.76. The smallest absolute Gasteiger partial charge is 0.364 e. The van der Waals surface area contributed by atoms with Crippen LogP contribution in [0.4, 0.5) is 17.6 Å². The quantitative estimate of drug-likeness (QED) is 0.443. The maximum absolute atomic E-state index is 15.5. The van der Waals surface area contributed by atoms with Gasteiger partial charge in [-0.15, -0.1) is 0 Å². The van der Waals surface area contributed by atoms with E-state index in [1.54, 1.807) is 25.3 Å². The monoisotopic (exact) mass is 528 g/mol. The lowest BCUT2D eigenvalue weighted by Gasteiger charge is -2.41. The summed E-state index contributed by atoms with van der Waals surface area (Å²) in [5.41, 5.74) is -1.59. The number of nitrogens with one attached hydrogen (secondary N) is 2. The Labute approximate surface area is 215 Å². The molecule has 5 rings (SSSR count). The van der Waals surface area contributed by atoms with E-state index < -0.39 is 41.3 Å². The number of hydrogen-bond donors (Lipinski definition) is 2. The molecule has 1 saturated carbocycles. The van der Waals surface area contributed by atoms with E-state index in [2.05, 4.69) is 15.5 Å². The van der Waals surface area contributed by atoms with Gasteiger partial charge in [0, 0.05) is 42.8 Å². The minimum atomic E-state index is -5.07. The van der Waals surface area contributed by atoms with Crippen molar-refractivity contribution in [2.24, 2.45) is 0 Å². The van der Waals surface area contributed by atoms with E-state index in [9.17, 15) is 22.8 Å². The summed E-state index contributed by atoms with van der Waals surface area (Å²) < 4.78 is 65.0. The molecule has 2 N–H and O–H groups in total. The van der Waals surface area contributed by atoms with Crippen molar-refractivity contribution in [3.05, 3.63) is 76.7 Å². The molecule has 7 nitrogen and oxygen atoms in total. The number of halogens is 4. The van der Waals surface area contributed by atoms with Crippen LogP contribution in [-0.2, 0) is 15.1 Å². The zero-order valence-corrected chi connectivity index (χ0v) is 20.6. The number of aromatic nitrogens is 2. The molecule has 3 aromatic rings. The second-order valence-electron chi connectivity index (χ2n) is 9.66. The molecular weight excluding hydrogens is 504 g/mol. The first-order chi connectivity index (χ1) is 18.0. The number of hydrogen-bond acceptors (Lipinski definition) is 5. The minimum absolute atomic E-state index is 0.0134. The zero-order valence-electron chi connectivity index (χ0n) is 20.6. The van der Waals surface area contributed by atoms with Gasteiger partial charge in [0.05, 0.1) is 11.4 Å². The highest BCUT2D eigenvalue weighted by Gasteiger charge is 2.60. The van der Waals surface area contributed by atoms with Crippen molar-refractivity contribution in [1.82, 2.24) is 20.8 Å². The van der Waals surface area contributed by atoms with E-state index in [1.807, 2.05) is 5.32 Å². The van der Waals surface area contributed by atoms with E-state index in [0.29, 0.717) is 17.2 Å². The molecule has 0 saturated heterocycles. The van der Waals surface area contributed by atoms with Crippen molar-refractivity contribution in [1.29, 1.82) is 0 Å². The van der Waals surface area contributed by atoms with Crippen LogP contribution < -0.4 is 10.6 Å². The molecule has 0 spiro atoms. The lowest BCUT2D eigenvalue weighted by Crippen LogP contribution is -2.59. The highest BCUT2D eigenvalue weighted by atomic mass is 19.4. The fourth-order valence-corrected chi connectivity index (χ4v) is 4.79. The lowest BCUT2D eigenvalue weighted by molar-refractivity contribution is -0.202. The summed E-state index contributed by atoms with van der Waals surface area (Å²) >= 11 is 0. The Morgan fingerprint density at radius 2 is 2.00 bits per heavy atom. The first-order valence-corrected chi connectivity index (χ1v) is 12.0. The Balaban J connectivity index is 1.63. The summed E-state index contributed by atoms with van der Waals surface area (Å²) in [4.78, 5) is 29.1. The molecule has 38 heavy (non-hydrogen) atoms. The molecule has 198 valence electrons. The van der Waals surface area contributed by atoms with Crippen molar-refractivity contribution in [3.63, 3.8) is 0 Å². The van der Waals surface area contributed by atoms with Crippen molar-refractivity contribution < 1.29 is 31.7 Å². The van der Waals surface area contributed by atoms with E-state index in [1.165, 1.54) is 19.3 Å². The van der Waals surface area contributed by atoms with Gasteiger partial charge in [-0.05, 0) is 54.5 Å². The number of aryl methyl sites for hydroxylation is 1. The molecule has 3 heterocycles. The van der Waals surface area contributed by atoms with Crippen LogP contribution in [0.5, 0.6) is 0 Å². The summed E-state index contributed by atoms with van der Waals surface area (Å²) in [5, 5.41) is 8.23. The molecule has 1 aromatic carbocycles. The van der Waals surface area contributed by atoms with Gasteiger partial charge in [-0.1, -0.05) is 23.4 Å². The predicted octanol–water partition coefficient (Wildman–Crippen LogP) is 4.93. The van der Waals surface area contributed by atoms with Crippen LogP contribution in [0.15, 0.2) is 52.9 Å². The Hall–Kier alpha value is -4.02. The Bertz CT molecular complexity index is 1440. The third kappa shape index (κ3) is 4.57. The average molecular weight is 529 g/mol. The molecule has 1 atom stereocenters. The van der Waals surface area contributed by atoms with E-state index in [-0.39, 0.29) is 28.9 Å². The highest BCUT2D eigenvalue weighted by molar-refractivity contribution is 6.04. The average Bonchev–Trinajstić information content (AvgIpc) is 3.62. The molecule has 0 radical (unpaired) electrons. The normalized spacial score (nSPS) is 19.9. The molecular formula is C27H24F4N4O3. The fourth-order valence-electron chi connectivity index (χ4n) is 4.79. The first kappa shape index (κ1) is 25.6. The Morgan fingerprint density at radius 3 is 2.55 bits per heavy atom. The Morgan fingerprint density at radius 1 is 1.24 bits per heavy atom. The minimum Gasteiger partial charge on any atom is -0.364 e. The molecule has 1 unspecified atom stereocenters. The second kappa shape index (κ2) is 9.38. The van der Waals surface area contributed by atoms with E-state index in [4.69, 9.17) is 4.52 Å². The summed E-state index contributed by atoms with van der Waals surface area (Å²) in [7, 11) is 0. The van der Waals surface area contributed by atoms with Crippen LogP contribution in [0.1, 0.15) is 54.6 Å². The maximum atomic E-state index is 15.5. The predicted molar refractivity (Wildman–Crippen MR) is 129 cm³/mol. The molecule has 2 aliphatic rings. The van der Waals surface area contributed by atoms with Crippen LogP contribution in [0.2, 0.25) is 0 Å². The van der Waals surface area contributed by atoms with E-state index >= 15 is 4.39 Å². The molecule has 0 bridgehead atoms. The molecule has 11 heteroatoms. The summed E-state index contributed by atoms with van der Waals surface area (Å²) in [6.45, 7) is 2.56. The van der Waals surface area contributed by atoms with E-state index in [0.717, 1.165) is 30.5 Å². The largest absolute Gasteiger partial charge is 0.416 e. The molecule has 2 aromatic heterocycles. The number of pyridine rings is 1. The standard InChI is InChI=1S/C27H24F4N4O3/c1-14-21(13-38-35-14)17-5-7-22(23(28)9-17)26(27(29,30)31)10-19(20(25(37)34-26)12-32-15(2)36)24-8-6-18(11-33-24)16-3-4-16/h5-9,11,13,16H,3-4,10,12H2,1-2H3,(H,32,36)(H,34,37). The van der Waals surface area contributed by atoms with Gasteiger partial charge in [-0.3, -0.25) is 14.6 Å². The number of carbonyl (C=O) groups excluding carboxylic acids is 2. The maximum Gasteiger partial charge on any atom is 0.416 e. The van der Waals surface area contributed by atoms with Crippen LogP contribution in [0.3, 0.4) is 0 Å². The van der Waals surface area contributed by atoms with Crippen LogP contribution in [0, 0.1) is 12.7 Å². The van der Waals surface area contributed by atoms with Gasteiger partial charge in [0.25, 0.3) is 0 Å². The topological polar surface area (TPSA) is 97.1 Å². The van der Waals surface area contributed by atoms with Gasteiger partial charge in [0.15, 0.2) is 5.54 Å². The summed E-state index contributed by atoms with van der Waals surface area (Å²) in [5.74, 6) is -2.30. The number of alkyl halides is 3. The van der Waals surface area contributed by atoms with Crippen LogP contribution >= 0.6 is 0 Å². The van der Waals surface area contributed by atoms with Gasteiger partial charge in [-0.2, -0.15) is 13.2 Å². The van der Waals surface area contributed by atoms with Crippen LogP contribution in [-0.4, -0.2) is 34.7 Å². The van der Waals surface area contributed by atoms with Gasteiger partial charge in [0.1, 0.15) is 12.1 Å². The van der Waals surface area contributed by atoms with Gasteiger partial charge in [-0.25, -0.2) is 4.39 Å². The zero-order chi connectivity index (χ0) is 27.2. The highest BCUT2D eigenvalue weighted by Crippen LogP contribution is 2.49. The first-order valence-electron chi connectivity index (χ1n) is 12.0. The number of nitrogens with zero attached hydrogens (tertiary/aromatic N) is 2. The molecule has 2 amide bonds. The molecule has 1 aliphatic heterocycles. The number of carbonyl (C=O) groups is 2. The Kier molecular flexibility index (Phi) is 6.32.